The second-order valence-corrected chi connectivity index (χ2v) is 12.0. The van der Waals surface area contributed by atoms with E-state index in [1.165, 1.54) is 0 Å². The summed E-state index contributed by atoms with van der Waals surface area (Å²) in [5.74, 6) is 0. The third-order valence-electron chi connectivity index (χ3n) is 3.88. The van der Waals surface area contributed by atoms with Gasteiger partial charge in [-0.15, -0.1) is 0 Å². The summed E-state index contributed by atoms with van der Waals surface area (Å²) in [6.45, 7) is 11.7. The molecule has 5 heteroatoms. The number of halogens is 1. The molecule has 0 fully saturated rings. The molecular formula is C14H20BrNO2Si. The first-order valence-electron chi connectivity index (χ1n) is 6.38. The highest BCUT2D eigenvalue weighted by Crippen LogP contribution is 2.37. The van der Waals surface area contributed by atoms with Gasteiger partial charge < -0.3 is 8.95 Å². The Morgan fingerprint density at radius 2 is 2.00 bits per heavy atom. The summed E-state index contributed by atoms with van der Waals surface area (Å²) < 4.78 is 12.5. The average molecular weight is 342 g/mol. The molecule has 1 heterocycles. The zero-order valence-electron chi connectivity index (χ0n) is 12.1. The molecule has 19 heavy (non-hydrogen) atoms. The molecule has 0 radical (unpaired) electrons. The van der Waals surface area contributed by atoms with E-state index in [0.717, 1.165) is 21.1 Å². The highest BCUT2D eigenvalue weighted by Gasteiger charge is 2.37. The second kappa shape index (κ2) is 5.03. The van der Waals surface area contributed by atoms with Crippen LogP contribution in [0.25, 0.3) is 11.0 Å². The molecule has 104 valence electrons. The minimum Gasteiger partial charge on any atom is -0.411 e. The zero-order chi connectivity index (χ0) is 14.3. The number of nitrogens with zero attached hydrogens (tertiary/aromatic N) is 1. The third kappa shape index (κ3) is 3.09. The van der Waals surface area contributed by atoms with Gasteiger partial charge in [0, 0.05) is 9.86 Å². The van der Waals surface area contributed by atoms with Crippen LogP contribution in [0.4, 0.5) is 0 Å². The van der Waals surface area contributed by atoms with Gasteiger partial charge >= 0.3 is 0 Å². The summed E-state index contributed by atoms with van der Waals surface area (Å²) in [5.41, 5.74) is 1.68. The van der Waals surface area contributed by atoms with Crippen LogP contribution < -0.4 is 0 Å². The van der Waals surface area contributed by atoms with E-state index in [4.69, 9.17) is 8.95 Å². The van der Waals surface area contributed by atoms with E-state index < -0.39 is 8.32 Å². The average Bonchev–Trinajstić information content (AvgIpc) is 2.67. The van der Waals surface area contributed by atoms with Gasteiger partial charge in [0.15, 0.2) is 13.9 Å². The molecular weight excluding hydrogens is 322 g/mol. The van der Waals surface area contributed by atoms with Crippen LogP contribution in [0.15, 0.2) is 27.2 Å². The van der Waals surface area contributed by atoms with E-state index in [-0.39, 0.29) is 5.04 Å². The molecule has 1 aromatic heterocycles. The summed E-state index contributed by atoms with van der Waals surface area (Å²) >= 11 is 3.43. The van der Waals surface area contributed by atoms with Crippen LogP contribution in [0.3, 0.4) is 0 Å². The van der Waals surface area contributed by atoms with Crippen LogP contribution in [0, 0.1) is 0 Å². The van der Waals surface area contributed by atoms with E-state index in [1.807, 2.05) is 18.2 Å². The fraction of sp³-hybridized carbons (Fsp3) is 0.500. The monoisotopic (exact) mass is 341 g/mol. The van der Waals surface area contributed by atoms with Crippen molar-refractivity contribution in [3.8, 4) is 0 Å². The molecule has 1 aromatic carbocycles. The lowest BCUT2D eigenvalue weighted by molar-refractivity contribution is 0.265. The predicted molar refractivity (Wildman–Crippen MR) is 83.7 cm³/mol. The summed E-state index contributed by atoms with van der Waals surface area (Å²) in [5, 5.41) is 5.36. The number of aromatic nitrogens is 1. The maximum Gasteiger partial charge on any atom is 0.192 e. The van der Waals surface area contributed by atoms with Gasteiger partial charge in [0.2, 0.25) is 0 Å². The number of hydrogen-bond donors (Lipinski definition) is 0. The van der Waals surface area contributed by atoms with Gasteiger partial charge in [0.05, 0.1) is 6.61 Å². The Hall–Kier alpha value is -0.653. The van der Waals surface area contributed by atoms with Crippen LogP contribution in [0.5, 0.6) is 0 Å². The van der Waals surface area contributed by atoms with Gasteiger partial charge in [0.25, 0.3) is 0 Å². The molecule has 0 aliphatic heterocycles. The SMILES string of the molecule is CC(C)(C)[Si](C)(C)OCc1noc2cc(Br)ccc12. The number of benzene rings is 1. The lowest BCUT2D eigenvalue weighted by Gasteiger charge is -2.35. The van der Waals surface area contributed by atoms with Crippen molar-refractivity contribution in [3.05, 3.63) is 28.4 Å². The molecule has 0 saturated carbocycles. The van der Waals surface area contributed by atoms with E-state index >= 15 is 0 Å². The van der Waals surface area contributed by atoms with Gasteiger partial charge in [-0.1, -0.05) is 41.9 Å². The third-order valence-corrected chi connectivity index (χ3v) is 8.86. The van der Waals surface area contributed by atoms with Crippen LogP contribution in [0.1, 0.15) is 26.5 Å². The Kier molecular flexibility index (Phi) is 3.91. The fourth-order valence-electron chi connectivity index (χ4n) is 1.53. The largest absolute Gasteiger partial charge is 0.411 e. The number of rotatable bonds is 3. The summed E-state index contributed by atoms with van der Waals surface area (Å²) in [7, 11) is -1.75. The number of fused-ring (bicyclic) bond motifs is 1. The topological polar surface area (TPSA) is 35.3 Å². The molecule has 0 atom stereocenters. The van der Waals surface area contributed by atoms with Crippen LogP contribution in [0.2, 0.25) is 18.1 Å². The van der Waals surface area contributed by atoms with Crippen molar-refractivity contribution < 1.29 is 8.95 Å². The molecule has 0 bridgehead atoms. The molecule has 0 N–H and O–H groups in total. The van der Waals surface area contributed by atoms with Crippen molar-refractivity contribution in [2.24, 2.45) is 0 Å². The van der Waals surface area contributed by atoms with Crippen LogP contribution in [-0.4, -0.2) is 13.5 Å². The minimum atomic E-state index is -1.75. The first-order valence-corrected chi connectivity index (χ1v) is 10.1. The molecule has 2 rings (SSSR count). The first-order chi connectivity index (χ1) is 8.71. The van der Waals surface area contributed by atoms with Crippen molar-refractivity contribution in [1.29, 1.82) is 0 Å². The molecule has 0 amide bonds. The summed E-state index contributed by atoms with van der Waals surface area (Å²) in [6, 6.07) is 5.94. The molecule has 0 aliphatic rings. The quantitative estimate of drug-likeness (QED) is 0.727. The normalized spacial score (nSPS) is 13.2. The molecule has 3 nitrogen and oxygen atoms in total. The molecule has 2 aromatic rings. The predicted octanol–water partition coefficient (Wildman–Crippen LogP) is 5.11. The summed E-state index contributed by atoms with van der Waals surface area (Å²) in [6.07, 6.45) is 0. The van der Waals surface area contributed by atoms with Gasteiger partial charge in [-0.05, 0) is 36.3 Å². The number of hydrogen-bond acceptors (Lipinski definition) is 3. The van der Waals surface area contributed by atoms with Gasteiger partial charge in [0.1, 0.15) is 5.69 Å². The fourth-order valence-corrected chi connectivity index (χ4v) is 2.80. The molecule has 0 aliphatic carbocycles. The van der Waals surface area contributed by atoms with E-state index in [9.17, 15) is 0 Å². The van der Waals surface area contributed by atoms with E-state index in [2.05, 4.69) is 55.0 Å². The first kappa shape index (κ1) is 14.7. The molecule has 0 saturated heterocycles. The molecule has 0 spiro atoms. The highest BCUT2D eigenvalue weighted by atomic mass is 79.9. The minimum absolute atomic E-state index is 0.204. The maximum atomic E-state index is 6.18. The summed E-state index contributed by atoms with van der Waals surface area (Å²) in [4.78, 5) is 0. The highest BCUT2D eigenvalue weighted by molar-refractivity contribution is 9.10. The Morgan fingerprint density at radius 1 is 1.32 bits per heavy atom. The van der Waals surface area contributed by atoms with Crippen molar-refractivity contribution in [2.45, 2.75) is 45.5 Å². The lowest BCUT2D eigenvalue weighted by atomic mass is 10.2. The standard InChI is InChI=1S/C14H20BrNO2Si/c1-14(2,3)19(4,5)17-9-12-11-7-6-10(15)8-13(11)18-16-12/h6-8H,9H2,1-5H3. The lowest BCUT2D eigenvalue weighted by Crippen LogP contribution is -2.40. The van der Waals surface area contributed by atoms with Gasteiger partial charge in [-0.25, -0.2) is 0 Å². The van der Waals surface area contributed by atoms with Gasteiger partial charge in [-0.3, -0.25) is 0 Å². The second-order valence-electron chi connectivity index (χ2n) is 6.32. The smallest absolute Gasteiger partial charge is 0.192 e. The van der Waals surface area contributed by atoms with E-state index in [0.29, 0.717) is 6.61 Å². The molecule has 0 unspecified atom stereocenters. The Balaban J connectivity index is 2.19. The van der Waals surface area contributed by atoms with Crippen molar-refractivity contribution in [1.82, 2.24) is 5.16 Å². The van der Waals surface area contributed by atoms with Crippen molar-refractivity contribution >= 4 is 35.2 Å². The Labute approximate surface area is 123 Å². The van der Waals surface area contributed by atoms with Crippen LogP contribution in [-0.2, 0) is 11.0 Å². The van der Waals surface area contributed by atoms with E-state index in [1.54, 1.807) is 0 Å². The van der Waals surface area contributed by atoms with Crippen molar-refractivity contribution in [3.63, 3.8) is 0 Å². The zero-order valence-corrected chi connectivity index (χ0v) is 14.7. The Morgan fingerprint density at radius 3 is 2.63 bits per heavy atom. The maximum absolute atomic E-state index is 6.18. The Bertz CT molecular complexity index is 587. The van der Waals surface area contributed by atoms with Gasteiger partial charge in [-0.2, -0.15) is 0 Å². The van der Waals surface area contributed by atoms with Crippen molar-refractivity contribution in [2.75, 3.05) is 0 Å². The van der Waals surface area contributed by atoms with Crippen LogP contribution >= 0.6 is 15.9 Å².